The second kappa shape index (κ2) is 8.91. The number of isothiocyanates is 1. The summed E-state index contributed by atoms with van der Waals surface area (Å²) in [4.78, 5) is 14.0. The first-order valence-corrected chi connectivity index (χ1v) is 11.3. The molecule has 0 heterocycles. The first kappa shape index (κ1) is 22.8. The number of nitrogens with one attached hydrogen (secondary N) is 1. The monoisotopic (exact) mass is 456 g/mol. The van der Waals surface area contributed by atoms with Crippen molar-refractivity contribution in [1.29, 1.82) is 0 Å². The highest BCUT2D eigenvalue weighted by atomic mass is 32.2. The number of benzene rings is 2. The van der Waals surface area contributed by atoms with Crippen LogP contribution in [0.3, 0.4) is 0 Å². The van der Waals surface area contributed by atoms with E-state index in [2.05, 4.69) is 27.7 Å². The summed E-state index contributed by atoms with van der Waals surface area (Å²) in [5.74, 6) is -0.420. The number of aryl methyl sites for hydroxylation is 2. The molecule has 0 aliphatic rings. The fourth-order valence-corrected chi connectivity index (χ4v) is 4.32. The molecule has 12 heteroatoms. The van der Waals surface area contributed by atoms with E-state index in [-0.39, 0.29) is 35.3 Å². The van der Waals surface area contributed by atoms with Gasteiger partial charge in [0.1, 0.15) is 0 Å². The Labute approximate surface area is 173 Å². The Kier molecular flexibility index (Phi) is 7.01. The Morgan fingerprint density at radius 1 is 1.00 bits per heavy atom. The maximum atomic E-state index is 11.7. The highest BCUT2D eigenvalue weighted by Crippen LogP contribution is 2.26. The number of hydrogen-bond acceptors (Lipinski definition) is 7. The molecule has 2 aromatic rings. The quantitative estimate of drug-likeness (QED) is 0.327. The van der Waals surface area contributed by atoms with Crippen LogP contribution in [0.4, 0.5) is 11.4 Å². The van der Waals surface area contributed by atoms with Crippen molar-refractivity contribution in [3.05, 3.63) is 47.5 Å². The standard InChI is InChI=1S/C17H16N2O7S3/c1-11(20)19-15-7-5-13(17(9-15)29(24,25)26)3-2-12-4-6-14(18-10-27)8-16(12)28(21,22)23/h4-9H,2-3H2,1H3,(H,19,20)(H,21,22,23)(H,24,25,26). The van der Waals surface area contributed by atoms with Crippen LogP contribution in [-0.4, -0.2) is 37.0 Å². The summed E-state index contributed by atoms with van der Waals surface area (Å²) in [6.07, 6.45) is 0.0481. The lowest BCUT2D eigenvalue weighted by molar-refractivity contribution is -0.114. The van der Waals surface area contributed by atoms with Gasteiger partial charge < -0.3 is 5.32 Å². The molecule has 0 saturated carbocycles. The number of rotatable bonds is 7. The van der Waals surface area contributed by atoms with Gasteiger partial charge in [0.05, 0.1) is 20.6 Å². The van der Waals surface area contributed by atoms with Crippen LogP contribution < -0.4 is 5.32 Å². The Morgan fingerprint density at radius 2 is 1.52 bits per heavy atom. The fourth-order valence-electron chi connectivity index (χ4n) is 2.66. The van der Waals surface area contributed by atoms with Gasteiger partial charge in [0.2, 0.25) is 5.91 Å². The van der Waals surface area contributed by atoms with Gasteiger partial charge in [-0.2, -0.15) is 21.8 Å². The molecule has 0 spiro atoms. The molecular formula is C17H16N2O7S3. The van der Waals surface area contributed by atoms with Crippen molar-refractivity contribution in [2.45, 2.75) is 29.6 Å². The highest BCUT2D eigenvalue weighted by molar-refractivity contribution is 7.86. The zero-order valence-electron chi connectivity index (χ0n) is 15.0. The van der Waals surface area contributed by atoms with E-state index in [0.29, 0.717) is 0 Å². The molecule has 0 radical (unpaired) electrons. The van der Waals surface area contributed by atoms with Gasteiger partial charge >= 0.3 is 0 Å². The normalized spacial score (nSPS) is 11.6. The van der Waals surface area contributed by atoms with Crippen molar-refractivity contribution < 1.29 is 30.7 Å². The van der Waals surface area contributed by atoms with Crippen LogP contribution in [0.1, 0.15) is 18.1 Å². The molecular weight excluding hydrogens is 440 g/mol. The van der Waals surface area contributed by atoms with Crippen molar-refractivity contribution in [2.75, 3.05) is 5.32 Å². The van der Waals surface area contributed by atoms with E-state index >= 15 is 0 Å². The molecule has 2 rings (SSSR count). The summed E-state index contributed by atoms with van der Waals surface area (Å²) in [6.45, 7) is 1.25. The largest absolute Gasteiger partial charge is 0.326 e. The van der Waals surface area contributed by atoms with Crippen LogP contribution in [0, 0.1) is 0 Å². The Bertz CT molecular complexity index is 1220. The molecule has 1 amide bonds. The Balaban J connectivity index is 2.44. The van der Waals surface area contributed by atoms with Crippen LogP contribution in [0.15, 0.2) is 51.2 Å². The summed E-state index contributed by atoms with van der Waals surface area (Å²) in [5, 5.41) is 4.50. The average molecular weight is 457 g/mol. The fraction of sp³-hybridized carbons (Fsp3) is 0.176. The third-order valence-electron chi connectivity index (χ3n) is 3.83. The van der Waals surface area contributed by atoms with Gasteiger partial charge in [0.25, 0.3) is 20.2 Å². The summed E-state index contributed by atoms with van der Waals surface area (Å²) in [7, 11) is -9.18. The second-order valence-electron chi connectivity index (χ2n) is 5.95. The molecule has 9 nitrogen and oxygen atoms in total. The van der Waals surface area contributed by atoms with Crippen LogP contribution in [0.25, 0.3) is 0 Å². The number of carbonyl (C=O) groups excluding carboxylic acids is 1. The van der Waals surface area contributed by atoms with Crippen molar-refractivity contribution in [1.82, 2.24) is 0 Å². The molecule has 0 atom stereocenters. The van der Waals surface area contributed by atoms with Crippen LogP contribution in [0.2, 0.25) is 0 Å². The predicted molar refractivity (Wildman–Crippen MR) is 109 cm³/mol. The minimum absolute atomic E-state index is 0.0216. The smallest absolute Gasteiger partial charge is 0.294 e. The zero-order chi connectivity index (χ0) is 21.8. The van der Waals surface area contributed by atoms with Gasteiger partial charge in [-0.05, 0) is 60.5 Å². The molecule has 0 unspecified atom stereocenters. The number of carbonyl (C=O) groups is 1. The van der Waals surface area contributed by atoms with Gasteiger partial charge in [0, 0.05) is 12.6 Å². The molecule has 0 fully saturated rings. The van der Waals surface area contributed by atoms with Crippen molar-refractivity contribution >= 4 is 54.9 Å². The van der Waals surface area contributed by atoms with Gasteiger partial charge in [0.15, 0.2) is 0 Å². The van der Waals surface area contributed by atoms with E-state index in [9.17, 15) is 30.7 Å². The zero-order valence-corrected chi connectivity index (χ0v) is 17.4. The predicted octanol–water partition coefficient (Wildman–Crippen LogP) is 2.66. The Hall–Kier alpha value is -2.47. The molecule has 0 aliphatic carbocycles. The lowest BCUT2D eigenvalue weighted by Gasteiger charge is -2.12. The molecule has 0 bridgehead atoms. The number of nitrogens with zero attached hydrogens (tertiary/aromatic N) is 1. The molecule has 0 saturated heterocycles. The molecule has 0 aliphatic heterocycles. The van der Waals surface area contributed by atoms with Gasteiger partial charge in [-0.1, -0.05) is 12.1 Å². The molecule has 0 aromatic heterocycles. The number of amides is 1. The second-order valence-corrected chi connectivity index (χ2v) is 8.91. The number of anilines is 1. The van der Waals surface area contributed by atoms with Crippen LogP contribution in [-0.2, 0) is 37.9 Å². The third kappa shape index (κ3) is 6.26. The first-order valence-electron chi connectivity index (χ1n) is 7.98. The molecule has 2 aromatic carbocycles. The summed E-state index contributed by atoms with van der Waals surface area (Å²) in [6, 6.07) is 7.94. The lowest BCUT2D eigenvalue weighted by Crippen LogP contribution is -2.10. The van der Waals surface area contributed by atoms with Crippen LogP contribution in [0.5, 0.6) is 0 Å². The van der Waals surface area contributed by atoms with Crippen molar-refractivity contribution in [3.8, 4) is 0 Å². The van der Waals surface area contributed by atoms with E-state index in [0.717, 1.165) is 12.1 Å². The van der Waals surface area contributed by atoms with E-state index in [4.69, 9.17) is 0 Å². The van der Waals surface area contributed by atoms with E-state index in [1.807, 2.05) is 0 Å². The van der Waals surface area contributed by atoms with E-state index in [1.54, 1.807) is 0 Å². The van der Waals surface area contributed by atoms with Crippen molar-refractivity contribution in [3.63, 3.8) is 0 Å². The van der Waals surface area contributed by atoms with Gasteiger partial charge in [-0.15, -0.1) is 0 Å². The van der Waals surface area contributed by atoms with E-state index in [1.165, 1.54) is 31.2 Å². The van der Waals surface area contributed by atoms with Gasteiger partial charge in [-0.3, -0.25) is 13.9 Å². The summed E-state index contributed by atoms with van der Waals surface area (Å²) >= 11 is 4.47. The number of aliphatic imine (C=N–C) groups is 1. The Morgan fingerprint density at radius 3 is 2.00 bits per heavy atom. The van der Waals surface area contributed by atoms with Crippen LogP contribution >= 0.6 is 12.2 Å². The number of thiocarbonyl (C=S) groups is 1. The highest BCUT2D eigenvalue weighted by Gasteiger charge is 2.20. The number of hydrogen-bond donors (Lipinski definition) is 3. The molecule has 3 N–H and O–H groups in total. The minimum Gasteiger partial charge on any atom is -0.326 e. The summed E-state index contributed by atoms with van der Waals surface area (Å²) in [5.41, 5.74) is 0.761. The maximum Gasteiger partial charge on any atom is 0.294 e. The maximum absolute atomic E-state index is 11.7. The molecule has 29 heavy (non-hydrogen) atoms. The minimum atomic E-state index is -4.60. The van der Waals surface area contributed by atoms with Gasteiger partial charge in [-0.25, -0.2) is 0 Å². The molecule has 154 valence electrons. The lowest BCUT2D eigenvalue weighted by atomic mass is 10.0. The first-order chi connectivity index (χ1) is 13.4. The third-order valence-corrected chi connectivity index (χ3v) is 5.80. The SMILES string of the molecule is CC(=O)Nc1ccc(CCc2ccc(N=C=S)cc2S(=O)(=O)O)c(S(=O)(=O)O)c1. The summed E-state index contributed by atoms with van der Waals surface area (Å²) < 4.78 is 65.8. The average Bonchev–Trinajstić information content (AvgIpc) is 2.59. The van der Waals surface area contributed by atoms with E-state index < -0.39 is 35.9 Å². The van der Waals surface area contributed by atoms with Crippen molar-refractivity contribution in [2.24, 2.45) is 4.99 Å². The topological polar surface area (TPSA) is 150 Å².